The Labute approximate surface area is 160 Å². The molecule has 5 rings (SSSR count). The van der Waals surface area contributed by atoms with E-state index in [0.29, 0.717) is 10.0 Å². The van der Waals surface area contributed by atoms with Gasteiger partial charge in [0, 0.05) is 41.5 Å². The Morgan fingerprint density at radius 2 is 1.77 bits per heavy atom. The largest absolute Gasteiger partial charge is 0.327 e. The van der Waals surface area contributed by atoms with E-state index in [-0.39, 0.29) is 0 Å². The number of hydrogen-bond donors (Lipinski definition) is 0. The first-order valence-corrected chi connectivity index (χ1v) is 9.22. The summed E-state index contributed by atoms with van der Waals surface area (Å²) in [6.07, 6.45) is 5.49. The van der Waals surface area contributed by atoms with Crippen LogP contribution in [0.2, 0.25) is 10.0 Å². The van der Waals surface area contributed by atoms with E-state index in [1.54, 1.807) is 18.5 Å². The maximum absolute atomic E-state index is 6.48. The molecule has 0 bridgehead atoms. The fourth-order valence-corrected chi connectivity index (χ4v) is 3.98. The molecular formula is C20H14Cl2N4. The van der Waals surface area contributed by atoms with Gasteiger partial charge in [-0.05, 0) is 36.8 Å². The van der Waals surface area contributed by atoms with Crippen LogP contribution >= 0.6 is 23.2 Å². The van der Waals surface area contributed by atoms with Crippen LogP contribution in [0, 0.1) is 0 Å². The average Bonchev–Trinajstić information content (AvgIpc) is 3.24. The monoisotopic (exact) mass is 380 g/mol. The normalized spacial score (nSPS) is 13.3. The lowest BCUT2D eigenvalue weighted by Crippen LogP contribution is -1.97. The molecule has 0 aliphatic carbocycles. The zero-order valence-corrected chi connectivity index (χ0v) is 15.3. The summed E-state index contributed by atoms with van der Waals surface area (Å²) in [5.74, 6) is 1.09. The fraction of sp³-hybridized carbons (Fsp3) is 0.150. The summed E-state index contributed by atoms with van der Waals surface area (Å²) in [5.41, 5.74) is 5.59. The van der Waals surface area contributed by atoms with Gasteiger partial charge in [-0.25, -0.2) is 4.98 Å². The molecule has 0 N–H and O–H groups in total. The van der Waals surface area contributed by atoms with Gasteiger partial charge in [-0.1, -0.05) is 29.3 Å². The molecule has 4 aromatic rings. The van der Waals surface area contributed by atoms with Crippen LogP contribution in [-0.4, -0.2) is 19.5 Å². The smallest absolute Gasteiger partial charge is 0.109 e. The van der Waals surface area contributed by atoms with E-state index < -0.39 is 0 Å². The van der Waals surface area contributed by atoms with Crippen LogP contribution in [0.3, 0.4) is 0 Å². The molecule has 0 spiro atoms. The van der Waals surface area contributed by atoms with Crippen molar-refractivity contribution in [2.75, 3.05) is 0 Å². The maximum Gasteiger partial charge on any atom is 0.109 e. The Bertz CT molecular complexity index is 1150. The number of benzene rings is 2. The minimum atomic E-state index is 0.646. The lowest BCUT2D eigenvalue weighted by Gasteiger charge is -2.10. The van der Waals surface area contributed by atoms with E-state index in [2.05, 4.69) is 26.7 Å². The molecule has 4 nitrogen and oxygen atoms in total. The van der Waals surface area contributed by atoms with Crippen LogP contribution in [-0.2, 0) is 13.0 Å². The molecule has 0 radical (unpaired) electrons. The van der Waals surface area contributed by atoms with Gasteiger partial charge in [0.2, 0.25) is 0 Å². The molecular weight excluding hydrogens is 367 g/mol. The lowest BCUT2D eigenvalue weighted by molar-refractivity contribution is 0.756. The van der Waals surface area contributed by atoms with Crippen molar-refractivity contribution in [2.24, 2.45) is 0 Å². The van der Waals surface area contributed by atoms with E-state index in [1.165, 1.54) is 0 Å². The van der Waals surface area contributed by atoms with Crippen LogP contribution in [0.15, 0.2) is 48.8 Å². The van der Waals surface area contributed by atoms with Crippen molar-refractivity contribution in [3.8, 4) is 22.5 Å². The molecule has 128 valence electrons. The van der Waals surface area contributed by atoms with Crippen molar-refractivity contribution in [3.05, 3.63) is 64.7 Å². The topological polar surface area (TPSA) is 43.6 Å². The minimum absolute atomic E-state index is 0.646. The Morgan fingerprint density at radius 1 is 0.923 bits per heavy atom. The number of imidazole rings is 1. The molecule has 0 atom stereocenters. The van der Waals surface area contributed by atoms with E-state index >= 15 is 0 Å². The third kappa shape index (κ3) is 2.49. The Balaban J connectivity index is 1.78. The zero-order valence-electron chi connectivity index (χ0n) is 13.8. The molecule has 6 heteroatoms. The highest BCUT2D eigenvalue weighted by Gasteiger charge is 2.24. The summed E-state index contributed by atoms with van der Waals surface area (Å²) in [6, 6.07) is 11.6. The number of nitrogens with zero attached hydrogens (tertiary/aromatic N) is 4. The quantitative estimate of drug-likeness (QED) is 0.466. The molecule has 2 aromatic heterocycles. The number of aryl methyl sites for hydroxylation is 1. The maximum atomic E-state index is 6.48. The first-order valence-electron chi connectivity index (χ1n) is 8.47. The summed E-state index contributed by atoms with van der Waals surface area (Å²) in [7, 11) is 0. The van der Waals surface area contributed by atoms with E-state index in [1.807, 2.05) is 18.2 Å². The van der Waals surface area contributed by atoms with Gasteiger partial charge in [0.1, 0.15) is 5.82 Å². The van der Waals surface area contributed by atoms with Gasteiger partial charge >= 0.3 is 0 Å². The summed E-state index contributed by atoms with van der Waals surface area (Å²) < 4.78 is 2.28. The highest BCUT2D eigenvalue weighted by molar-refractivity contribution is 6.35. The highest BCUT2D eigenvalue weighted by atomic mass is 35.5. The second kappa shape index (κ2) is 6.08. The van der Waals surface area contributed by atoms with Gasteiger partial charge in [0.05, 0.1) is 27.4 Å². The van der Waals surface area contributed by atoms with Gasteiger partial charge in [-0.15, -0.1) is 0 Å². The summed E-state index contributed by atoms with van der Waals surface area (Å²) in [5, 5.41) is 1.29. The summed E-state index contributed by atoms with van der Waals surface area (Å²) in [4.78, 5) is 13.7. The standard InChI is InChI=1S/C20H14Cl2N4/c21-13-4-5-15(22)14(11-13)19-20(26-9-1-2-18(26)25-19)12-3-6-16-17(10-12)24-8-7-23-16/h3-8,10-11H,1-2,9H2. The minimum Gasteiger partial charge on any atom is -0.327 e. The number of aromatic nitrogens is 4. The highest BCUT2D eigenvalue weighted by Crippen LogP contribution is 2.39. The predicted octanol–water partition coefficient (Wildman–Crippen LogP) is 5.41. The fourth-order valence-electron chi connectivity index (χ4n) is 3.60. The molecule has 0 amide bonds. The Morgan fingerprint density at radius 3 is 2.65 bits per heavy atom. The van der Waals surface area contributed by atoms with Crippen molar-refractivity contribution in [2.45, 2.75) is 19.4 Å². The van der Waals surface area contributed by atoms with E-state index in [0.717, 1.165) is 58.8 Å². The molecule has 2 aromatic carbocycles. The number of halogens is 2. The van der Waals surface area contributed by atoms with Crippen LogP contribution in [0.1, 0.15) is 12.2 Å². The molecule has 0 fully saturated rings. The van der Waals surface area contributed by atoms with Crippen molar-refractivity contribution < 1.29 is 0 Å². The van der Waals surface area contributed by atoms with E-state index in [9.17, 15) is 0 Å². The summed E-state index contributed by atoms with van der Waals surface area (Å²) >= 11 is 12.7. The molecule has 0 saturated carbocycles. The second-order valence-electron chi connectivity index (χ2n) is 6.36. The Hall–Kier alpha value is -2.43. The van der Waals surface area contributed by atoms with Gasteiger partial charge in [0.25, 0.3) is 0 Å². The van der Waals surface area contributed by atoms with Gasteiger partial charge in [0.15, 0.2) is 0 Å². The van der Waals surface area contributed by atoms with Crippen LogP contribution in [0.5, 0.6) is 0 Å². The molecule has 3 heterocycles. The SMILES string of the molecule is Clc1ccc(Cl)c(-c2nc3n(c2-c2ccc4nccnc4c2)CCC3)c1. The van der Waals surface area contributed by atoms with Crippen LogP contribution in [0.4, 0.5) is 0 Å². The lowest BCUT2D eigenvalue weighted by atomic mass is 10.0. The third-order valence-corrected chi connectivity index (χ3v) is 5.32. The average molecular weight is 381 g/mol. The molecule has 1 aliphatic rings. The number of rotatable bonds is 2. The molecule has 0 saturated heterocycles. The van der Waals surface area contributed by atoms with Gasteiger partial charge < -0.3 is 4.57 Å². The van der Waals surface area contributed by atoms with Gasteiger partial charge in [-0.3, -0.25) is 9.97 Å². The number of hydrogen-bond acceptors (Lipinski definition) is 3. The van der Waals surface area contributed by atoms with Crippen molar-refractivity contribution in [1.29, 1.82) is 0 Å². The van der Waals surface area contributed by atoms with Crippen molar-refractivity contribution in [3.63, 3.8) is 0 Å². The molecule has 0 unspecified atom stereocenters. The number of fused-ring (bicyclic) bond motifs is 2. The second-order valence-corrected chi connectivity index (χ2v) is 7.21. The summed E-state index contributed by atoms with van der Waals surface area (Å²) in [6.45, 7) is 0.953. The molecule has 26 heavy (non-hydrogen) atoms. The first kappa shape index (κ1) is 15.8. The van der Waals surface area contributed by atoms with Gasteiger partial charge in [-0.2, -0.15) is 0 Å². The van der Waals surface area contributed by atoms with Crippen molar-refractivity contribution in [1.82, 2.24) is 19.5 Å². The third-order valence-electron chi connectivity index (χ3n) is 4.76. The first-order chi connectivity index (χ1) is 12.7. The molecule has 1 aliphatic heterocycles. The predicted molar refractivity (Wildman–Crippen MR) is 105 cm³/mol. The van der Waals surface area contributed by atoms with E-state index in [4.69, 9.17) is 28.2 Å². The van der Waals surface area contributed by atoms with Crippen LogP contribution < -0.4 is 0 Å². The van der Waals surface area contributed by atoms with Crippen molar-refractivity contribution >= 4 is 34.2 Å². The Kier molecular flexibility index (Phi) is 3.69. The van der Waals surface area contributed by atoms with Crippen LogP contribution in [0.25, 0.3) is 33.5 Å². The zero-order chi connectivity index (χ0) is 17.7.